The molecule has 0 saturated heterocycles. The minimum Gasteiger partial charge on any atom is -0.456 e. The first kappa shape index (κ1) is 12.7. The van der Waals surface area contributed by atoms with Gasteiger partial charge in [0.05, 0.1) is 0 Å². The molecular weight excluding hydrogens is 220 g/mol. The van der Waals surface area contributed by atoms with Crippen molar-refractivity contribution in [1.82, 2.24) is 0 Å². The van der Waals surface area contributed by atoms with Crippen molar-refractivity contribution in [3.05, 3.63) is 47.7 Å². The van der Waals surface area contributed by atoms with Crippen molar-refractivity contribution < 1.29 is 4.42 Å². The van der Waals surface area contributed by atoms with Gasteiger partial charge < -0.3 is 4.42 Å². The van der Waals surface area contributed by atoms with Crippen molar-refractivity contribution in [2.45, 2.75) is 27.7 Å². The van der Waals surface area contributed by atoms with Gasteiger partial charge in [0, 0.05) is 10.9 Å². The number of hydrogen-bond acceptors (Lipinski definition) is 1. The lowest BCUT2D eigenvalue weighted by Gasteiger charge is -2.19. The Labute approximate surface area is 109 Å². The third-order valence-electron chi connectivity index (χ3n) is 3.39. The predicted molar refractivity (Wildman–Crippen MR) is 79.4 cm³/mol. The molecule has 0 aliphatic rings. The average molecular weight is 240 g/mol. The lowest BCUT2D eigenvalue weighted by molar-refractivity contribution is 0.508. The Morgan fingerprint density at radius 1 is 1.22 bits per heavy atom. The zero-order valence-electron chi connectivity index (χ0n) is 11.6. The second-order valence-corrected chi connectivity index (χ2v) is 5.66. The molecule has 18 heavy (non-hydrogen) atoms. The molecule has 0 amide bonds. The van der Waals surface area contributed by atoms with Gasteiger partial charge in [0.2, 0.25) is 0 Å². The van der Waals surface area contributed by atoms with Gasteiger partial charge in [-0.05, 0) is 24.5 Å². The topological polar surface area (TPSA) is 13.1 Å². The van der Waals surface area contributed by atoms with E-state index in [0.717, 1.165) is 22.3 Å². The van der Waals surface area contributed by atoms with Crippen LogP contribution in [0.5, 0.6) is 0 Å². The summed E-state index contributed by atoms with van der Waals surface area (Å²) in [5.41, 5.74) is 3.54. The molecule has 0 aliphatic heterocycles. The molecule has 0 saturated carbocycles. The second kappa shape index (κ2) is 4.49. The van der Waals surface area contributed by atoms with E-state index in [1.807, 2.05) is 18.2 Å². The third-order valence-corrected chi connectivity index (χ3v) is 3.39. The Bertz CT molecular complexity index is 606. The number of allylic oxidation sites excluding steroid dienone is 1. The van der Waals surface area contributed by atoms with E-state index in [-0.39, 0.29) is 5.41 Å². The van der Waals surface area contributed by atoms with E-state index >= 15 is 0 Å². The van der Waals surface area contributed by atoms with E-state index in [2.05, 4.69) is 46.4 Å². The number of furan rings is 1. The molecule has 2 aromatic rings. The molecule has 1 heteroatoms. The van der Waals surface area contributed by atoms with Crippen molar-refractivity contribution in [3.8, 4) is 0 Å². The van der Waals surface area contributed by atoms with Crippen LogP contribution in [0.2, 0.25) is 0 Å². The van der Waals surface area contributed by atoms with Gasteiger partial charge in [0.1, 0.15) is 11.3 Å². The molecule has 0 unspecified atom stereocenters. The number of fused-ring (bicyclic) bond motifs is 1. The van der Waals surface area contributed by atoms with E-state index in [9.17, 15) is 0 Å². The molecule has 2 rings (SSSR count). The van der Waals surface area contributed by atoms with Crippen molar-refractivity contribution >= 4 is 23.1 Å². The van der Waals surface area contributed by atoms with Gasteiger partial charge in [0.15, 0.2) is 0 Å². The monoisotopic (exact) mass is 240 g/mol. The van der Waals surface area contributed by atoms with Crippen molar-refractivity contribution in [2.75, 3.05) is 0 Å². The summed E-state index contributed by atoms with van der Waals surface area (Å²) in [6, 6.07) is 8.11. The molecule has 0 atom stereocenters. The van der Waals surface area contributed by atoms with E-state index < -0.39 is 0 Å². The molecule has 94 valence electrons. The van der Waals surface area contributed by atoms with Crippen LogP contribution >= 0.6 is 0 Å². The lowest BCUT2D eigenvalue weighted by atomic mass is 9.86. The van der Waals surface area contributed by atoms with E-state index in [1.165, 1.54) is 5.57 Å². The maximum Gasteiger partial charge on any atom is 0.135 e. The summed E-state index contributed by atoms with van der Waals surface area (Å²) in [4.78, 5) is 0. The zero-order chi connectivity index (χ0) is 13.3. The van der Waals surface area contributed by atoms with Gasteiger partial charge >= 0.3 is 0 Å². The summed E-state index contributed by atoms with van der Waals surface area (Å²) in [6.07, 6.45) is 3.99. The minimum atomic E-state index is 0.164. The molecule has 0 N–H and O–H groups in total. The van der Waals surface area contributed by atoms with Crippen LogP contribution in [0.1, 0.15) is 39.0 Å². The first-order valence-electron chi connectivity index (χ1n) is 6.26. The Morgan fingerprint density at radius 2 is 1.89 bits per heavy atom. The molecule has 1 aromatic heterocycles. The van der Waals surface area contributed by atoms with Crippen LogP contribution in [0.3, 0.4) is 0 Å². The quantitative estimate of drug-likeness (QED) is 0.673. The third kappa shape index (κ3) is 2.26. The maximum absolute atomic E-state index is 5.80. The molecule has 0 aliphatic carbocycles. The highest BCUT2D eigenvalue weighted by molar-refractivity contribution is 5.91. The van der Waals surface area contributed by atoms with Gasteiger partial charge in [-0.25, -0.2) is 0 Å². The fourth-order valence-corrected chi connectivity index (χ4v) is 1.82. The van der Waals surface area contributed by atoms with Crippen molar-refractivity contribution in [3.63, 3.8) is 0 Å². The normalized spacial score (nSPS) is 13.0. The Hall–Kier alpha value is -1.76. The maximum atomic E-state index is 5.80. The first-order valence-corrected chi connectivity index (χ1v) is 6.26. The summed E-state index contributed by atoms with van der Waals surface area (Å²) in [5.74, 6) is 0.847. The van der Waals surface area contributed by atoms with E-state index in [4.69, 9.17) is 4.42 Å². The fraction of sp³-hybridized carbons (Fsp3) is 0.294. The summed E-state index contributed by atoms with van der Waals surface area (Å²) < 4.78 is 5.80. The minimum absolute atomic E-state index is 0.164. The highest BCUT2D eigenvalue weighted by Crippen LogP contribution is 2.32. The molecule has 1 aromatic carbocycles. The standard InChI is InChI=1S/C17H20O/c1-6-15-14(11-12(2)17(3,4)5)13-9-7-8-10-16(13)18-15/h6-11H,1H2,2-5H3/b12-11+. The summed E-state index contributed by atoms with van der Waals surface area (Å²) in [6.45, 7) is 12.6. The largest absolute Gasteiger partial charge is 0.456 e. The Morgan fingerprint density at radius 3 is 2.50 bits per heavy atom. The van der Waals surface area contributed by atoms with Gasteiger partial charge in [-0.3, -0.25) is 0 Å². The summed E-state index contributed by atoms with van der Waals surface area (Å²) >= 11 is 0. The summed E-state index contributed by atoms with van der Waals surface area (Å²) in [5, 5.41) is 1.15. The van der Waals surface area contributed by atoms with E-state index in [1.54, 1.807) is 6.08 Å². The average Bonchev–Trinajstić information content (AvgIpc) is 2.66. The van der Waals surface area contributed by atoms with Gasteiger partial charge in [-0.1, -0.05) is 57.2 Å². The Balaban J connectivity index is 2.66. The van der Waals surface area contributed by atoms with Crippen LogP contribution in [0.4, 0.5) is 0 Å². The van der Waals surface area contributed by atoms with Crippen LogP contribution in [0.15, 0.2) is 40.8 Å². The molecule has 1 nitrogen and oxygen atoms in total. The van der Waals surface area contributed by atoms with Crippen LogP contribution in [0, 0.1) is 5.41 Å². The SMILES string of the molecule is C=Cc1oc2ccccc2c1/C=C(\C)C(C)(C)C. The number of hydrogen-bond donors (Lipinski definition) is 0. The first-order chi connectivity index (χ1) is 8.43. The molecule has 0 fully saturated rings. The highest BCUT2D eigenvalue weighted by atomic mass is 16.3. The van der Waals surface area contributed by atoms with Crippen LogP contribution < -0.4 is 0 Å². The number of para-hydroxylation sites is 1. The van der Waals surface area contributed by atoms with Crippen LogP contribution in [0.25, 0.3) is 23.1 Å². The molecule has 0 spiro atoms. The lowest BCUT2D eigenvalue weighted by Crippen LogP contribution is -2.06. The number of benzene rings is 1. The zero-order valence-corrected chi connectivity index (χ0v) is 11.6. The molecule has 0 bridgehead atoms. The van der Waals surface area contributed by atoms with Crippen molar-refractivity contribution in [2.24, 2.45) is 5.41 Å². The van der Waals surface area contributed by atoms with E-state index in [0.29, 0.717) is 0 Å². The Kier molecular flexibility index (Phi) is 3.16. The fourth-order valence-electron chi connectivity index (χ4n) is 1.82. The van der Waals surface area contributed by atoms with Gasteiger partial charge in [-0.2, -0.15) is 0 Å². The van der Waals surface area contributed by atoms with Crippen LogP contribution in [-0.2, 0) is 0 Å². The highest BCUT2D eigenvalue weighted by Gasteiger charge is 2.15. The van der Waals surface area contributed by atoms with Gasteiger partial charge in [-0.15, -0.1) is 0 Å². The van der Waals surface area contributed by atoms with Gasteiger partial charge in [0.25, 0.3) is 0 Å². The number of rotatable bonds is 2. The van der Waals surface area contributed by atoms with Crippen LogP contribution in [-0.4, -0.2) is 0 Å². The summed E-state index contributed by atoms with van der Waals surface area (Å²) in [7, 11) is 0. The predicted octanol–water partition coefficient (Wildman–Crippen LogP) is 5.53. The molecule has 0 radical (unpaired) electrons. The smallest absolute Gasteiger partial charge is 0.135 e. The van der Waals surface area contributed by atoms with Crippen molar-refractivity contribution in [1.29, 1.82) is 0 Å². The molecular formula is C17H20O. The second-order valence-electron chi connectivity index (χ2n) is 5.66. The molecule has 1 heterocycles.